The van der Waals surface area contributed by atoms with Crippen LogP contribution < -0.4 is 0 Å². The number of carbonyl (C=O) groups is 2. The molecule has 4 nitrogen and oxygen atoms in total. The van der Waals surface area contributed by atoms with Gasteiger partial charge in [-0.3, -0.25) is 9.78 Å². The molecule has 1 heterocycles. The van der Waals surface area contributed by atoms with Gasteiger partial charge in [-0.2, -0.15) is 0 Å². The summed E-state index contributed by atoms with van der Waals surface area (Å²) in [5.74, 6) is -0.446. The van der Waals surface area contributed by atoms with E-state index in [9.17, 15) is 9.59 Å². The van der Waals surface area contributed by atoms with Crippen molar-refractivity contribution in [3.05, 3.63) is 35.7 Å². The summed E-state index contributed by atoms with van der Waals surface area (Å²) in [6.07, 6.45) is 6.51. The molecule has 1 rings (SSSR count). The number of nitrogens with zero attached hydrogens (tertiary/aromatic N) is 1. The van der Waals surface area contributed by atoms with Gasteiger partial charge in [0.2, 0.25) is 0 Å². The van der Waals surface area contributed by atoms with E-state index in [1.807, 2.05) is 0 Å². The zero-order chi connectivity index (χ0) is 10.4. The van der Waals surface area contributed by atoms with Gasteiger partial charge in [0.05, 0.1) is 12.7 Å². The van der Waals surface area contributed by atoms with Crippen LogP contribution in [0, 0.1) is 0 Å². The Balaban J connectivity index is 2.94. The first-order valence-electron chi connectivity index (χ1n) is 3.93. The highest BCUT2D eigenvalue weighted by Gasteiger charge is 2.04. The third-order valence-electron chi connectivity index (χ3n) is 1.55. The standard InChI is InChI=1S/C10H9NO3/c1-14-10(13)9-5-8(3-2-4-12)6-11-7-9/h2-7H,1H3. The maximum atomic E-state index is 11.1. The monoisotopic (exact) mass is 191 g/mol. The minimum Gasteiger partial charge on any atom is -0.465 e. The molecule has 0 bridgehead atoms. The molecule has 14 heavy (non-hydrogen) atoms. The van der Waals surface area contributed by atoms with Crippen LogP contribution in [-0.2, 0) is 9.53 Å². The van der Waals surface area contributed by atoms with Gasteiger partial charge in [0.15, 0.2) is 0 Å². The highest BCUT2D eigenvalue weighted by molar-refractivity contribution is 5.89. The van der Waals surface area contributed by atoms with Gasteiger partial charge in [-0.15, -0.1) is 0 Å². The molecule has 1 aromatic rings. The van der Waals surface area contributed by atoms with Gasteiger partial charge >= 0.3 is 5.97 Å². The van der Waals surface area contributed by atoms with Crippen molar-refractivity contribution in [3.63, 3.8) is 0 Å². The molecule has 4 heteroatoms. The van der Waals surface area contributed by atoms with E-state index >= 15 is 0 Å². The van der Waals surface area contributed by atoms with Crippen molar-refractivity contribution in [1.82, 2.24) is 4.98 Å². The maximum Gasteiger partial charge on any atom is 0.339 e. The predicted molar refractivity (Wildman–Crippen MR) is 50.7 cm³/mol. The van der Waals surface area contributed by atoms with Crippen LogP contribution in [0.2, 0.25) is 0 Å². The fraction of sp³-hybridized carbons (Fsp3) is 0.100. The zero-order valence-electron chi connectivity index (χ0n) is 7.64. The molecule has 0 amide bonds. The minimum atomic E-state index is -0.446. The second kappa shape index (κ2) is 4.91. The second-order valence-corrected chi connectivity index (χ2v) is 2.49. The molecule has 0 aliphatic rings. The average molecular weight is 191 g/mol. The topological polar surface area (TPSA) is 56.3 Å². The number of pyridine rings is 1. The van der Waals surface area contributed by atoms with Crippen molar-refractivity contribution in [1.29, 1.82) is 0 Å². The molecule has 0 radical (unpaired) electrons. The Kier molecular flexibility index (Phi) is 3.55. The molecule has 0 aliphatic heterocycles. The molecular formula is C10H9NO3. The fourth-order valence-electron chi connectivity index (χ4n) is 0.929. The maximum absolute atomic E-state index is 11.1. The Bertz CT molecular complexity index is 371. The van der Waals surface area contributed by atoms with E-state index in [1.165, 1.54) is 19.4 Å². The lowest BCUT2D eigenvalue weighted by Crippen LogP contribution is -2.01. The lowest BCUT2D eigenvalue weighted by atomic mass is 10.2. The van der Waals surface area contributed by atoms with Crippen molar-refractivity contribution < 1.29 is 14.3 Å². The van der Waals surface area contributed by atoms with E-state index in [0.29, 0.717) is 17.4 Å². The fourth-order valence-corrected chi connectivity index (χ4v) is 0.929. The van der Waals surface area contributed by atoms with Crippen LogP contribution in [0.1, 0.15) is 15.9 Å². The Labute approximate surface area is 81.2 Å². The van der Waals surface area contributed by atoms with E-state index in [4.69, 9.17) is 0 Å². The molecule has 0 atom stereocenters. The third kappa shape index (κ3) is 2.52. The largest absolute Gasteiger partial charge is 0.465 e. The lowest BCUT2D eigenvalue weighted by molar-refractivity contribution is -0.104. The Morgan fingerprint density at radius 3 is 2.93 bits per heavy atom. The van der Waals surface area contributed by atoms with Crippen LogP contribution in [-0.4, -0.2) is 24.3 Å². The number of ether oxygens (including phenoxy) is 1. The number of aromatic nitrogens is 1. The number of allylic oxidation sites excluding steroid dienone is 1. The highest BCUT2D eigenvalue weighted by Crippen LogP contribution is 2.05. The number of hydrogen-bond acceptors (Lipinski definition) is 4. The molecule has 0 spiro atoms. The first kappa shape index (κ1) is 10.1. The molecule has 0 saturated carbocycles. The van der Waals surface area contributed by atoms with Crippen LogP contribution in [0.25, 0.3) is 6.08 Å². The van der Waals surface area contributed by atoms with Crippen molar-refractivity contribution in [2.75, 3.05) is 7.11 Å². The van der Waals surface area contributed by atoms with E-state index in [0.717, 1.165) is 0 Å². The molecule has 0 aromatic carbocycles. The minimum absolute atomic E-state index is 0.362. The van der Waals surface area contributed by atoms with E-state index in [-0.39, 0.29) is 0 Å². The van der Waals surface area contributed by atoms with Crippen molar-refractivity contribution in [2.45, 2.75) is 0 Å². The first-order chi connectivity index (χ1) is 6.77. The Morgan fingerprint density at radius 2 is 2.29 bits per heavy atom. The molecular weight excluding hydrogens is 182 g/mol. The molecule has 0 N–H and O–H groups in total. The molecule has 0 aliphatic carbocycles. The Hall–Kier alpha value is -1.97. The summed E-state index contributed by atoms with van der Waals surface area (Å²) in [4.78, 5) is 25.0. The van der Waals surface area contributed by atoms with Gasteiger partial charge in [-0.25, -0.2) is 4.79 Å². The highest BCUT2D eigenvalue weighted by atomic mass is 16.5. The van der Waals surface area contributed by atoms with E-state index in [2.05, 4.69) is 9.72 Å². The van der Waals surface area contributed by atoms with E-state index < -0.39 is 5.97 Å². The second-order valence-electron chi connectivity index (χ2n) is 2.49. The summed E-state index contributed by atoms with van der Waals surface area (Å²) in [5.41, 5.74) is 1.04. The van der Waals surface area contributed by atoms with Gasteiger partial charge in [0, 0.05) is 12.4 Å². The van der Waals surface area contributed by atoms with Gasteiger partial charge in [0.25, 0.3) is 0 Å². The number of methoxy groups -OCH3 is 1. The zero-order valence-corrected chi connectivity index (χ0v) is 7.64. The quantitative estimate of drug-likeness (QED) is 0.407. The van der Waals surface area contributed by atoms with Gasteiger partial charge in [0.1, 0.15) is 6.29 Å². The SMILES string of the molecule is COC(=O)c1cncc(C=CC=O)c1. The van der Waals surface area contributed by atoms with Crippen molar-refractivity contribution in [2.24, 2.45) is 0 Å². The van der Waals surface area contributed by atoms with Crippen LogP contribution in [0.15, 0.2) is 24.5 Å². The molecule has 0 saturated heterocycles. The number of carbonyl (C=O) groups excluding carboxylic acids is 2. The first-order valence-corrected chi connectivity index (χ1v) is 3.93. The van der Waals surface area contributed by atoms with Crippen LogP contribution in [0.5, 0.6) is 0 Å². The number of esters is 1. The predicted octanol–water partition coefficient (Wildman–Crippen LogP) is 1.08. The summed E-state index contributed by atoms with van der Waals surface area (Å²) >= 11 is 0. The van der Waals surface area contributed by atoms with Crippen LogP contribution in [0.4, 0.5) is 0 Å². The van der Waals surface area contributed by atoms with Crippen molar-refractivity contribution >= 4 is 18.3 Å². The van der Waals surface area contributed by atoms with Gasteiger partial charge in [-0.05, 0) is 17.7 Å². The third-order valence-corrected chi connectivity index (χ3v) is 1.55. The number of aldehydes is 1. The average Bonchev–Trinajstić information content (AvgIpc) is 2.25. The van der Waals surface area contributed by atoms with Crippen molar-refractivity contribution in [3.8, 4) is 0 Å². The summed E-state index contributed by atoms with van der Waals surface area (Å²) < 4.78 is 4.52. The number of hydrogen-bond donors (Lipinski definition) is 0. The molecule has 0 fully saturated rings. The van der Waals surface area contributed by atoms with Crippen LogP contribution in [0.3, 0.4) is 0 Å². The molecule has 72 valence electrons. The van der Waals surface area contributed by atoms with E-state index in [1.54, 1.807) is 18.3 Å². The normalized spacial score (nSPS) is 10.1. The van der Waals surface area contributed by atoms with Gasteiger partial charge in [-0.1, -0.05) is 6.08 Å². The summed E-state index contributed by atoms with van der Waals surface area (Å²) in [6.45, 7) is 0. The smallest absolute Gasteiger partial charge is 0.339 e. The Morgan fingerprint density at radius 1 is 1.50 bits per heavy atom. The summed E-state index contributed by atoms with van der Waals surface area (Å²) in [5, 5.41) is 0. The lowest BCUT2D eigenvalue weighted by Gasteiger charge is -1.98. The van der Waals surface area contributed by atoms with Crippen LogP contribution >= 0.6 is 0 Å². The summed E-state index contributed by atoms with van der Waals surface area (Å²) in [7, 11) is 1.30. The summed E-state index contributed by atoms with van der Waals surface area (Å²) in [6, 6.07) is 1.60. The van der Waals surface area contributed by atoms with Gasteiger partial charge < -0.3 is 4.74 Å². The number of rotatable bonds is 3. The molecule has 1 aromatic heterocycles. The molecule has 0 unspecified atom stereocenters.